The van der Waals surface area contributed by atoms with Crippen LogP contribution in [0.25, 0.3) is 0 Å². The number of rotatable bonds is 5. The summed E-state index contributed by atoms with van der Waals surface area (Å²) in [6, 6.07) is 18.8. The Balaban J connectivity index is 1.72. The van der Waals surface area contributed by atoms with E-state index in [4.69, 9.17) is 17.0 Å². The molecule has 20 heavy (non-hydrogen) atoms. The predicted molar refractivity (Wildman–Crippen MR) is 87.3 cm³/mol. The van der Waals surface area contributed by atoms with Crippen LogP contribution in [0, 0.1) is 0 Å². The summed E-state index contributed by atoms with van der Waals surface area (Å²) in [4.78, 5) is 11.8. The molecule has 0 bridgehead atoms. The second kappa shape index (κ2) is 7.82. The molecule has 0 radical (unpaired) electrons. The van der Waals surface area contributed by atoms with E-state index in [9.17, 15) is 4.79 Å². The van der Waals surface area contributed by atoms with Crippen molar-refractivity contribution in [3.63, 3.8) is 0 Å². The average Bonchev–Trinajstić information content (AvgIpc) is 2.53. The molecule has 0 aliphatic rings. The molecular weight excluding hydrogens is 288 g/mol. The summed E-state index contributed by atoms with van der Waals surface area (Å²) in [5.41, 5.74) is 1.60. The van der Waals surface area contributed by atoms with Gasteiger partial charge < -0.3 is 4.74 Å². The zero-order chi connectivity index (χ0) is 14.2. The zero-order valence-corrected chi connectivity index (χ0v) is 12.5. The van der Waals surface area contributed by atoms with Gasteiger partial charge in [-0.05, 0) is 12.2 Å². The number of hydrogen-bond acceptors (Lipinski definition) is 4. The van der Waals surface area contributed by atoms with Gasteiger partial charge in [0.1, 0.15) is 0 Å². The molecule has 0 aliphatic carbocycles. The molecule has 0 heterocycles. The van der Waals surface area contributed by atoms with Gasteiger partial charge in [0.05, 0.1) is 6.61 Å². The molecule has 0 saturated carbocycles. The number of hydrogen-bond donors (Lipinski definition) is 0. The van der Waals surface area contributed by atoms with Gasteiger partial charge in [0, 0.05) is 16.9 Å². The van der Waals surface area contributed by atoms with E-state index in [-0.39, 0.29) is 5.12 Å². The minimum Gasteiger partial charge on any atom is -0.482 e. The number of thiocarbonyl (C=S) groups is 1. The lowest BCUT2D eigenvalue weighted by molar-refractivity contribution is 0.108. The molecule has 2 aromatic carbocycles. The number of carbonyl (C=O) groups excluding carboxylic acids is 1. The van der Waals surface area contributed by atoms with Gasteiger partial charge in [-0.25, -0.2) is 0 Å². The fourth-order valence-corrected chi connectivity index (χ4v) is 2.46. The van der Waals surface area contributed by atoms with Crippen LogP contribution in [0.1, 0.15) is 15.9 Å². The summed E-state index contributed by atoms with van der Waals surface area (Å²) in [6.45, 7) is 0.428. The molecule has 0 fully saturated rings. The Labute approximate surface area is 128 Å². The summed E-state index contributed by atoms with van der Waals surface area (Å²) < 4.78 is 5.47. The van der Waals surface area contributed by atoms with Crippen LogP contribution in [0.3, 0.4) is 0 Å². The molecule has 0 amide bonds. The second-order valence-electron chi connectivity index (χ2n) is 4.00. The first-order chi connectivity index (χ1) is 9.77. The lowest BCUT2D eigenvalue weighted by Crippen LogP contribution is -2.07. The fraction of sp³-hybridized carbons (Fsp3) is 0.125. The van der Waals surface area contributed by atoms with Gasteiger partial charge in [-0.15, -0.1) is 0 Å². The highest BCUT2D eigenvalue weighted by Crippen LogP contribution is 2.12. The van der Waals surface area contributed by atoms with E-state index in [0.29, 0.717) is 23.0 Å². The molecule has 0 aliphatic heterocycles. The van der Waals surface area contributed by atoms with E-state index < -0.39 is 0 Å². The van der Waals surface area contributed by atoms with Crippen molar-refractivity contribution in [3.8, 4) is 0 Å². The van der Waals surface area contributed by atoms with Gasteiger partial charge in [0.15, 0.2) is 5.05 Å². The van der Waals surface area contributed by atoms with Crippen molar-refractivity contribution < 1.29 is 9.53 Å². The smallest absolute Gasteiger partial charge is 0.219 e. The number of carbonyl (C=O) groups is 1. The van der Waals surface area contributed by atoms with Gasteiger partial charge >= 0.3 is 0 Å². The average molecular weight is 302 g/mol. The number of thioether (sulfide) groups is 1. The van der Waals surface area contributed by atoms with Crippen LogP contribution in [0.15, 0.2) is 60.7 Å². The molecule has 2 aromatic rings. The van der Waals surface area contributed by atoms with Crippen LogP contribution in [0.5, 0.6) is 0 Å². The molecule has 0 saturated heterocycles. The SMILES string of the molecule is O=C(SCCOC(=S)c1ccccc1)c1ccccc1. The van der Waals surface area contributed by atoms with Gasteiger partial charge in [-0.2, -0.15) is 0 Å². The highest BCUT2D eigenvalue weighted by molar-refractivity contribution is 8.14. The third kappa shape index (κ3) is 4.47. The standard InChI is InChI=1S/C16H14O2S2/c17-15(13-7-3-1-4-8-13)20-12-11-18-16(19)14-9-5-2-6-10-14/h1-10H,11-12H2. The van der Waals surface area contributed by atoms with Crippen molar-refractivity contribution in [2.45, 2.75) is 0 Å². The third-order valence-corrected chi connectivity index (χ3v) is 3.79. The van der Waals surface area contributed by atoms with E-state index in [1.807, 2.05) is 60.7 Å². The van der Waals surface area contributed by atoms with Gasteiger partial charge in [0.25, 0.3) is 0 Å². The van der Waals surface area contributed by atoms with Gasteiger partial charge in [-0.3, -0.25) is 4.79 Å². The third-order valence-electron chi connectivity index (χ3n) is 2.57. The fourth-order valence-electron chi connectivity index (χ4n) is 1.58. The van der Waals surface area contributed by atoms with E-state index in [1.54, 1.807) is 0 Å². The highest BCUT2D eigenvalue weighted by atomic mass is 32.2. The van der Waals surface area contributed by atoms with Crippen molar-refractivity contribution >= 4 is 34.1 Å². The lowest BCUT2D eigenvalue weighted by Gasteiger charge is -2.06. The highest BCUT2D eigenvalue weighted by Gasteiger charge is 2.06. The summed E-state index contributed by atoms with van der Waals surface area (Å²) in [5, 5.41) is 0.526. The van der Waals surface area contributed by atoms with Crippen LogP contribution in [0.2, 0.25) is 0 Å². The lowest BCUT2D eigenvalue weighted by atomic mass is 10.2. The molecule has 0 N–H and O–H groups in total. The quantitative estimate of drug-likeness (QED) is 0.617. The maximum Gasteiger partial charge on any atom is 0.219 e. The maximum absolute atomic E-state index is 11.8. The minimum atomic E-state index is 0.0554. The molecular formula is C16H14O2S2. The van der Waals surface area contributed by atoms with E-state index in [2.05, 4.69) is 0 Å². The molecule has 102 valence electrons. The Morgan fingerprint density at radius 1 is 0.950 bits per heavy atom. The van der Waals surface area contributed by atoms with Crippen LogP contribution in [0.4, 0.5) is 0 Å². The molecule has 4 heteroatoms. The molecule has 0 atom stereocenters. The molecule has 2 rings (SSSR count). The first-order valence-corrected chi connectivity index (χ1v) is 7.61. The first-order valence-electron chi connectivity index (χ1n) is 6.22. The minimum absolute atomic E-state index is 0.0554. The van der Waals surface area contributed by atoms with Crippen LogP contribution in [-0.2, 0) is 4.74 Å². The predicted octanol–water partition coefficient (Wildman–Crippen LogP) is 3.95. The van der Waals surface area contributed by atoms with Crippen molar-refractivity contribution in [2.24, 2.45) is 0 Å². The van der Waals surface area contributed by atoms with E-state index >= 15 is 0 Å². The first kappa shape index (κ1) is 14.8. The van der Waals surface area contributed by atoms with Crippen LogP contribution in [-0.4, -0.2) is 22.5 Å². The van der Waals surface area contributed by atoms with E-state index in [1.165, 1.54) is 11.8 Å². The van der Waals surface area contributed by atoms with Crippen molar-refractivity contribution in [1.82, 2.24) is 0 Å². The molecule has 0 aromatic heterocycles. The summed E-state index contributed by atoms with van der Waals surface area (Å²) in [5.74, 6) is 0.584. The Hall–Kier alpha value is -1.65. The van der Waals surface area contributed by atoms with Crippen molar-refractivity contribution in [2.75, 3.05) is 12.4 Å². The van der Waals surface area contributed by atoms with E-state index in [0.717, 1.165) is 5.56 Å². The van der Waals surface area contributed by atoms with Gasteiger partial charge in [0.2, 0.25) is 5.12 Å². The van der Waals surface area contributed by atoms with Crippen molar-refractivity contribution in [3.05, 3.63) is 71.8 Å². The molecule has 0 unspecified atom stereocenters. The maximum atomic E-state index is 11.8. The molecule has 0 spiro atoms. The van der Waals surface area contributed by atoms with Gasteiger partial charge in [-0.1, -0.05) is 72.4 Å². The Kier molecular flexibility index (Phi) is 5.77. The summed E-state index contributed by atoms with van der Waals surface area (Å²) >= 11 is 6.42. The summed E-state index contributed by atoms with van der Waals surface area (Å²) in [6.07, 6.45) is 0. The van der Waals surface area contributed by atoms with Crippen LogP contribution < -0.4 is 0 Å². The number of ether oxygens (including phenoxy) is 1. The second-order valence-corrected chi connectivity index (χ2v) is 5.44. The summed E-state index contributed by atoms with van der Waals surface area (Å²) in [7, 11) is 0. The Morgan fingerprint density at radius 3 is 2.10 bits per heavy atom. The topological polar surface area (TPSA) is 26.3 Å². The Bertz CT molecular complexity index is 514. The van der Waals surface area contributed by atoms with Crippen molar-refractivity contribution in [1.29, 1.82) is 0 Å². The Morgan fingerprint density at radius 2 is 1.50 bits per heavy atom. The van der Waals surface area contributed by atoms with Crippen LogP contribution >= 0.6 is 24.0 Å². The zero-order valence-electron chi connectivity index (χ0n) is 10.8. The normalized spacial score (nSPS) is 10.0. The molecule has 2 nitrogen and oxygen atoms in total. The monoisotopic (exact) mass is 302 g/mol. The largest absolute Gasteiger partial charge is 0.482 e. The number of benzene rings is 2.